The number of hydrogen-bond acceptors (Lipinski definition) is 5. The van der Waals surface area contributed by atoms with E-state index in [1.54, 1.807) is 18.2 Å². The standard InChI is InChI=1S/C26H23ClO5/c1-2-3-4-5-14-32-16-8-6-15(7-9-16)17-10-11-18-21(23(17)28)24(29)19-12-13-20(27)26(31)22(19)25(18)30/h6-13,28,31H,2-5,14H2,1H3. The lowest BCUT2D eigenvalue weighted by Crippen LogP contribution is -2.21. The molecule has 6 heteroatoms. The van der Waals surface area contributed by atoms with Crippen LogP contribution in [0.15, 0.2) is 48.5 Å². The Balaban J connectivity index is 1.63. The Morgan fingerprint density at radius 3 is 2.00 bits per heavy atom. The van der Waals surface area contributed by atoms with Crippen LogP contribution in [0.5, 0.6) is 17.2 Å². The molecule has 0 saturated carbocycles. The molecule has 1 aliphatic rings. The summed E-state index contributed by atoms with van der Waals surface area (Å²) in [6, 6.07) is 13.1. The SMILES string of the molecule is CCCCCCOc1ccc(-c2ccc3c(c2O)C(=O)c2ccc(Cl)c(O)c2C3=O)cc1. The molecule has 1 aliphatic carbocycles. The van der Waals surface area contributed by atoms with Crippen molar-refractivity contribution in [3.05, 3.63) is 75.8 Å². The Morgan fingerprint density at radius 2 is 1.34 bits per heavy atom. The molecule has 2 N–H and O–H groups in total. The van der Waals surface area contributed by atoms with Crippen molar-refractivity contribution in [1.82, 2.24) is 0 Å². The van der Waals surface area contributed by atoms with Crippen LogP contribution in [-0.2, 0) is 0 Å². The fourth-order valence-electron chi connectivity index (χ4n) is 3.95. The summed E-state index contributed by atoms with van der Waals surface area (Å²) in [5.74, 6) is -1.05. The van der Waals surface area contributed by atoms with Gasteiger partial charge in [0.2, 0.25) is 0 Å². The van der Waals surface area contributed by atoms with Gasteiger partial charge in [0.15, 0.2) is 11.6 Å². The van der Waals surface area contributed by atoms with Crippen LogP contribution in [0.25, 0.3) is 11.1 Å². The number of hydrogen-bond donors (Lipinski definition) is 2. The van der Waals surface area contributed by atoms with Gasteiger partial charge in [-0.3, -0.25) is 9.59 Å². The first-order chi connectivity index (χ1) is 15.4. The Labute approximate surface area is 191 Å². The topological polar surface area (TPSA) is 83.8 Å². The predicted molar refractivity (Wildman–Crippen MR) is 123 cm³/mol. The van der Waals surface area contributed by atoms with Crippen LogP contribution < -0.4 is 4.74 Å². The van der Waals surface area contributed by atoms with Crippen LogP contribution in [0.3, 0.4) is 0 Å². The van der Waals surface area contributed by atoms with E-state index >= 15 is 0 Å². The summed E-state index contributed by atoms with van der Waals surface area (Å²) in [5.41, 5.74) is 0.965. The molecule has 0 spiro atoms. The number of ether oxygens (including phenoxy) is 1. The second-order valence-corrected chi connectivity index (χ2v) is 8.20. The number of carbonyl (C=O) groups excluding carboxylic acids is 2. The van der Waals surface area contributed by atoms with Gasteiger partial charge in [0.05, 0.1) is 22.8 Å². The van der Waals surface area contributed by atoms with Gasteiger partial charge in [0, 0.05) is 16.7 Å². The monoisotopic (exact) mass is 450 g/mol. The molecule has 0 fully saturated rings. The van der Waals surface area contributed by atoms with Crippen LogP contribution in [0.4, 0.5) is 0 Å². The first kappa shape index (κ1) is 21.9. The molecule has 0 atom stereocenters. The number of fused-ring (bicyclic) bond motifs is 2. The van der Waals surface area contributed by atoms with Gasteiger partial charge in [-0.1, -0.05) is 49.9 Å². The minimum Gasteiger partial charge on any atom is -0.507 e. The van der Waals surface area contributed by atoms with E-state index in [2.05, 4.69) is 6.92 Å². The smallest absolute Gasteiger partial charge is 0.198 e. The molecule has 5 nitrogen and oxygen atoms in total. The molecule has 0 unspecified atom stereocenters. The summed E-state index contributed by atoms with van der Waals surface area (Å²) in [6.07, 6.45) is 4.50. The van der Waals surface area contributed by atoms with Gasteiger partial charge in [-0.15, -0.1) is 0 Å². The molecule has 164 valence electrons. The largest absolute Gasteiger partial charge is 0.507 e. The zero-order valence-corrected chi connectivity index (χ0v) is 18.4. The number of phenolic OH excluding ortho intramolecular Hbond substituents is 2. The van der Waals surface area contributed by atoms with Crippen molar-refractivity contribution in [2.24, 2.45) is 0 Å². The third-order valence-electron chi connectivity index (χ3n) is 5.68. The van der Waals surface area contributed by atoms with Gasteiger partial charge in [-0.2, -0.15) is 0 Å². The molecule has 0 bridgehead atoms. The maximum Gasteiger partial charge on any atom is 0.198 e. The maximum atomic E-state index is 13.1. The van der Waals surface area contributed by atoms with E-state index in [1.165, 1.54) is 31.0 Å². The normalized spacial score (nSPS) is 12.4. The lowest BCUT2D eigenvalue weighted by molar-refractivity contribution is 0.0974. The molecule has 3 aromatic rings. The van der Waals surface area contributed by atoms with E-state index in [9.17, 15) is 19.8 Å². The van der Waals surface area contributed by atoms with Crippen molar-refractivity contribution in [1.29, 1.82) is 0 Å². The second kappa shape index (κ2) is 9.05. The average Bonchev–Trinajstić information content (AvgIpc) is 2.79. The molecule has 3 aromatic carbocycles. The Bertz CT molecular complexity index is 1200. The lowest BCUT2D eigenvalue weighted by Gasteiger charge is -2.21. The highest BCUT2D eigenvalue weighted by molar-refractivity contribution is 6.36. The van der Waals surface area contributed by atoms with Crippen LogP contribution in [0.1, 0.15) is 64.4 Å². The van der Waals surface area contributed by atoms with Gasteiger partial charge in [0.1, 0.15) is 17.2 Å². The maximum absolute atomic E-state index is 13.1. The van der Waals surface area contributed by atoms with Crippen LogP contribution in [0.2, 0.25) is 5.02 Å². The molecule has 0 heterocycles. The summed E-state index contributed by atoms with van der Waals surface area (Å²) in [5, 5.41) is 21.1. The van der Waals surface area contributed by atoms with Crippen molar-refractivity contribution in [3.8, 4) is 28.4 Å². The number of phenols is 2. The van der Waals surface area contributed by atoms with E-state index in [0.29, 0.717) is 17.7 Å². The fraction of sp³-hybridized carbons (Fsp3) is 0.231. The molecular weight excluding hydrogens is 428 g/mol. The molecule has 0 aliphatic heterocycles. The van der Waals surface area contributed by atoms with Gasteiger partial charge >= 0.3 is 0 Å². The Kier molecular flexibility index (Phi) is 6.19. The molecule has 0 radical (unpaired) electrons. The highest BCUT2D eigenvalue weighted by Gasteiger charge is 2.35. The van der Waals surface area contributed by atoms with Gasteiger partial charge in [-0.25, -0.2) is 0 Å². The zero-order valence-electron chi connectivity index (χ0n) is 17.7. The van der Waals surface area contributed by atoms with E-state index in [0.717, 1.165) is 18.6 Å². The summed E-state index contributed by atoms with van der Waals surface area (Å²) >= 11 is 5.92. The molecule has 0 aromatic heterocycles. The fourth-order valence-corrected chi connectivity index (χ4v) is 4.10. The Morgan fingerprint density at radius 1 is 0.750 bits per heavy atom. The number of ketones is 2. The van der Waals surface area contributed by atoms with E-state index in [1.807, 2.05) is 12.1 Å². The lowest BCUT2D eigenvalue weighted by atomic mass is 9.81. The van der Waals surface area contributed by atoms with Crippen LogP contribution in [-0.4, -0.2) is 28.4 Å². The zero-order chi connectivity index (χ0) is 22.8. The van der Waals surface area contributed by atoms with Crippen molar-refractivity contribution < 1.29 is 24.5 Å². The minimum atomic E-state index is -0.553. The van der Waals surface area contributed by atoms with Crippen molar-refractivity contribution >= 4 is 23.2 Å². The second-order valence-electron chi connectivity index (χ2n) is 7.79. The van der Waals surface area contributed by atoms with Crippen molar-refractivity contribution in [2.75, 3.05) is 6.61 Å². The van der Waals surface area contributed by atoms with Gasteiger partial charge in [0.25, 0.3) is 0 Å². The minimum absolute atomic E-state index is 0.0122. The van der Waals surface area contributed by atoms with E-state index in [4.69, 9.17) is 16.3 Å². The van der Waals surface area contributed by atoms with Crippen molar-refractivity contribution in [3.63, 3.8) is 0 Å². The quantitative estimate of drug-likeness (QED) is 0.330. The summed E-state index contributed by atoms with van der Waals surface area (Å²) < 4.78 is 5.76. The van der Waals surface area contributed by atoms with Gasteiger partial charge in [-0.05, 0) is 48.4 Å². The first-order valence-corrected chi connectivity index (χ1v) is 11.0. The molecule has 32 heavy (non-hydrogen) atoms. The Hall–Kier alpha value is -3.31. The number of aromatic hydroxyl groups is 2. The third kappa shape index (κ3) is 3.84. The number of carbonyl (C=O) groups is 2. The summed E-state index contributed by atoms with van der Waals surface area (Å²) in [4.78, 5) is 26.0. The molecule has 4 rings (SSSR count). The average molecular weight is 451 g/mol. The van der Waals surface area contributed by atoms with E-state index < -0.39 is 17.3 Å². The van der Waals surface area contributed by atoms with Crippen LogP contribution >= 0.6 is 11.6 Å². The highest BCUT2D eigenvalue weighted by Crippen LogP contribution is 2.42. The predicted octanol–water partition coefficient (Wildman–Crippen LogP) is 6.15. The summed E-state index contributed by atoms with van der Waals surface area (Å²) in [7, 11) is 0. The highest BCUT2D eigenvalue weighted by atomic mass is 35.5. The number of unbranched alkanes of at least 4 members (excludes halogenated alkanes) is 3. The summed E-state index contributed by atoms with van der Waals surface area (Å²) in [6.45, 7) is 2.81. The van der Waals surface area contributed by atoms with Gasteiger partial charge < -0.3 is 14.9 Å². The third-order valence-corrected chi connectivity index (χ3v) is 5.99. The number of halogens is 1. The van der Waals surface area contributed by atoms with Crippen LogP contribution in [0, 0.1) is 0 Å². The van der Waals surface area contributed by atoms with Crippen molar-refractivity contribution in [2.45, 2.75) is 32.6 Å². The first-order valence-electron chi connectivity index (χ1n) is 10.6. The number of benzene rings is 3. The molecule has 0 saturated heterocycles. The molecular formula is C26H23ClO5. The number of rotatable bonds is 7. The molecule has 0 amide bonds. The van der Waals surface area contributed by atoms with E-state index in [-0.39, 0.29) is 33.0 Å².